The van der Waals surface area contributed by atoms with Gasteiger partial charge in [-0.15, -0.1) is 0 Å². The summed E-state index contributed by atoms with van der Waals surface area (Å²) in [5.74, 6) is 1.03. The van der Waals surface area contributed by atoms with Crippen LogP contribution in [0.3, 0.4) is 0 Å². The van der Waals surface area contributed by atoms with E-state index in [1.54, 1.807) is 24.4 Å². The van der Waals surface area contributed by atoms with E-state index in [0.717, 1.165) is 63.2 Å². The Morgan fingerprint density at radius 2 is 1.82 bits per heavy atom. The van der Waals surface area contributed by atoms with Crippen molar-refractivity contribution in [3.8, 4) is 28.8 Å². The molecule has 39 heavy (non-hydrogen) atoms. The van der Waals surface area contributed by atoms with Gasteiger partial charge in [0.1, 0.15) is 23.7 Å². The van der Waals surface area contributed by atoms with E-state index in [4.69, 9.17) is 23.9 Å². The Kier molecular flexibility index (Phi) is 9.33. The van der Waals surface area contributed by atoms with Gasteiger partial charge in [0.15, 0.2) is 11.6 Å². The summed E-state index contributed by atoms with van der Waals surface area (Å²) in [6, 6.07) is 14.4. The second-order valence-electron chi connectivity index (χ2n) is 9.71. The van der Waals surface area contributed by atoms with Gasteiger partial charge in [0.25, 0.3) is 0 Å². The second kappa shape index (κ2) is 13.5. The summed E-state index contributed by atoms with van der Waals surface area (Å²) in [6.45, 7) is 6.06. The van der Waals surface area contributed by atoms with Gasteiger partial charge in [-0.1, -0.05) is 6.07 Å². The molecule has 0 bridgehead atoms. The number of halogens is 1. The van der Waals surface area contributed by atoms with Gasteiger partial charge in [-0.25, -0.2) is 14.4 Å². The fourth-order valence-electron chi connectivity index (χ4n) is 4.74. The third kappa shape index (κ3) is 7.51. The van der Waals surface area contributed by atoms with E-state index in [0.29, 0.717) is 49.1 Å². The molecule has 8 nitrogen and oxygen atoms in total. The molecule has 0 amide bonds. The molecule has 3 aromatic rings. The Bertz CT molecular complexity index is 1290. The molecule has 0 spiro atoms. The Hall–Kier alpha value is -3.58. The maximum Gasteiger partial charge on any atom is 0.165 e. The van der Waals surface area contributed by atoms with E-state index in [-0.39, 0.29) is 17.7 Å². The molecule has 2 aromatic carbocycles. The largest absolute Gasteiger partial charge is 0.490 e. The SMILES string of the molecule is N#Cc1cc(-c2ccnc(Cc3ccc(F)c(OCCCN4CCOCC4)c3)n2)ccc1OC1CCOCC1. The van der Waals surface area contributed by atoms with Crippen molar-refractivity contribution in [3.63, 3.8) is 0 Å². The highest BCUT2D eigenvalue weighted by atomic mass is 19.1. The van der Waals surface area contributed by atoms with Crippen LogP contribution in [-0.2, 0) is 15.9 Å². The fourth-order valence-corrected chi connectivity index (χ4v) is 4.74. The molecule has 0 aliphatic carbocycles. The lowest BCUT2D eigenvalue weighted by Gasteiger charge is -2.26. The first kappa shape index (κ1) is 27.0. The van der Waals surface area contributed by atoms with Crippen molar-refractivity contribution in [3.05, 3.63) is 71.4 Å². The lowest BCUT2D eigenvalue weighted by atomic mass is 10.1. The van der Waals surface area contributed by atoms with Gasteiger partial charge in [-0.05, 0) is 48.4 Å². The molecule has 2 fully saturated rings. The van der Waals surface area contributed by atoms with Crippen molar-refractivity contribution in [2.75, 3.05) is 52.7 Å². The maximum absolute atomic E-state index is 14.4. The summed E-state index contributed by atoms with van der Waals surface area (Å²) in [6.07, 6.45) is 4.62. The fraction of sp³-hybridized carbons (Fsp3) is 0.433. The van der Waals surface area contributed by atoms with Crippen LogP contribution in [0.2, 0.25) is 0 Å². The van der Waals surface area contributed by atoms with Crippen molar-refractivity contribution < 1.29 is 23.3 Å². The third-order valence-electron chi connectivity index (χ3n) is 6.90. The zero-order valence-electron chi connectivity index (χ0n) is 22.0. The highest BCUT2D eigenvalue weighted by molar-refractivity contribution is 5.64. The summed E-state index contributed by atoms with van der Waals surface area (Å²) in [4.78, 5) is 11.5. The zero-order chi connectivity index (χ0) is 26.9. The number of aromatic nitrogens is 2. The molecule has 0 N–H and O–H groups in total. The minimum atomic E-state index is -0.383. The summed E-state index contributed by atoms with van der Waals surface area (Å²) in [5.41, 5.74) is 2.83. The molecule has 0 saturated carbocycles. The van der Waals surface area contributed by atoms with Crippen LogP contribution in [0.5, 0.6) is 11.5 Å². The van der Waals surface area contributed by atoms with Crippen molar-refractivity contribution in [1.29, 1.82) is 5.26 Å². The number of benzene rings is 2. The van der Waals surface area contributed by atoms with Crippen LogP contribution in [0, 0.1) is 17.1 Å². The number of hydrogen-bond acceptors (Lipinski definition) is 8. The van der Waals surface area contributed by atoms with E-state index < -0.39 is 0 Å². The van der Waals surface area contributed by atoms with Crippen molar-refractivity contribution in [2.45, 2.75) is 31.8 Å². The first-order chi connectivity index (χ1) is 19.2. The van der Waals surface area contributed by atoms with Gasteiger partial charge in [0, 0.05) is 50.7 Å². The Labute approximate surface area is 228 Å². The first-order valence-corrected chi connectivity index (χ1v) is 13.5. The molecule has 0 atom stereocenters. The summed E-state index contributed by atoms with van der Waals surface area (Å²) in [5, 5.41) is 9.72. The first-order valence-electron chi connectivity index (χ1n) is 13.5. The molecule has 3 heterocycles. The topological polar surface area (TPSA) is 89.7 Å². The Morgan fingerprint density at radius 1 is 1.00 bits per heavy atom. The summed E-state index contributed by atoms with van der Waals surface area (Å²) < 4.78 is 37.0. The molecule has 2 saturated heterocycles. The van der Waals surface area contributed by atoms with Crippen LogP contribution >= 0.6 is 0 Å². The second-order valence-corrected chi connectivity index (χ2v) is 9.71. The Morgan fingerprint density at radius 3 is 2.64 bits per heavy atom. The molecular formula is C30H33FN4O4. The van der Waals surface area contributed by atoms with Gasteiger partial charge in [0.2, 0.25) is 0 Å². The molecule has 2 aliphatic heterocycles. The predicted octanol–water partition coefficient (Wildman–Crippen LogP) is 4.40. The number of rotatable bonds is 10. The highest BCUT2D eigenvalue weighted by Crippen LogP contribution is 2.28. The number of nitriles is 1. The third-order valence-corrected chi connectivity index (χ3v) is 6.90. The molecule has 0 radical (unpaired) electrons. The van der Waals surface area contributed by atoms with Gasteiger partial charge in [-0.3, -0.25) is 4.90 Å². The van der Waals surface area contributed by atoms with Gasteiger partial charge < -0.3 is 18.9 Å². The molecule has 204 valence electrons. The zero-order valence-corrected chi connectivity index (χ0v) is 22.0. The van der Waals surface area contributed by atoms with Crippen LogP contribution in [0.1, 0.15) is 36.2 Å². The Balaban J connectivity index is 1.22. The van der Waals surface area contributed by atoms with Crippen LogP contribution < -0.4 is 9.47 Å². The smallest absolute Gasteiger partial charge is 0.165 e. The number of ether oxygens (including phenoxy) is 4. The normalized spacial score (nSPS) is 16.5. The minimum Gasteiger partial charge on any atom is -0.490 e. The number of morpholine rings is 1. The molecule has 5 rings (SSSR count). The number of nitrogens with zero attached hydrogens (tertiary/aromatic N) is 4. The maximum atomic E-state index is 14.4. The van der Waals surface area contributed by atoms with Gasteiger partial charge in [-0.2, -0.15) is 5.26 Å². The van der Waals surface area contributed by atoms with Crippen LogP contribution in [0.4, 0.5) is 4.39 Å². The minimum absolute atomic E-state index is 0.0525. The van der Waals surface area contributed by atoms with Crippen molar-refractivity contribution in [1.82, 2.24) is 14.9 Å². The molecule has 0 unspecified atom stereocenters. The van der Waals surface area contributed by atoms with Crippen LogP contribution in [-0.4, -0.2) is 73.6 Å². The average molecular weight is 533 g/mol. The van der Waals surface area contributed by atoms with E-state index in [2.05, 4.69) is 16.0 Å². The van der Waals surface area contributed by atoms with E-state index >= 15 is 0 Å². The van der Waals surface area contributed by atoms with E-state index in [1.807, 2.05) is 18.2 Å². The van der Waals surface area contributed by atoms with Crippen molar-refractivity contribution >= 4 is 0 Å². The molecule has 2 aliphatic rings. The van der Waals surface area contributed by atoms with Crippen LogP contribution in [0.15, 0.2) is 48.7 Å². The van der Waals surface area contributed by atoms with Gasteiger partial charge in [0.05, 0.1) is 44.3 Å². The van der Waals surface area contributed by atoms with E-state index in [1.165, 1.54) is 6.07 Å². The quantitative estimate of drug-likeness (QED) is 0.355. The lowest BCUT2D eigenvalue weighted by molar-refractivity contribution is 0.0254. The van der Waals surface area contributed by atoms with Crippen LogP contribution in [0.25, 0.3) is 11.3 Å². The van der Waals surface area contributed by atoms with Crippen molar-refractivity contribution in [2.24, 2.45) is 0 Å². The summed E-state index contributed by atoms with van der Waals surface area (Å²) >= 11 is 0. The lowest BCUT2D eigenvalue weighted by Crippen LogP contribution is -2.37. The number of hydrogen-bond donors (Lipinski definition) is 0. The predicted molar refractivity (Wildman–Crippen MR) is 143 cm³/mol. The van der Waals surface area contributed by atoms with Gasteiger partial charge >= 0.3 is 0 Å². The monoisotopic (exact) mass is 532 g/mol. The molecular weight excluding hydrogens is 499 g/mol. The molecule has 9 heteroatoms. The van der Waals surface area contributed by atoms with E-state index in [9.17, 15) is 9.65 Å². The standard InChI is InChI=1S/C30H33FN4O4/c31-26-4-2-22(18-29(26)38-13-1-10-35-11-16-37-17-12-35)19-30-33-9-6-27(34-30)23-3-5-28(24(20-23)21-32)39-25-7-14-36-15-8-25/h2-6,9,18,20,25H,1,7-8,10-17,19H2. The molecule has 1 aromatic heterocycles. The summed E-state index contributed by atoms with van der Waals surface area (Å²) in [7, 11) is 0. The average Bonchev–Trinajstić information content (AvgIpc) is 2.98. The highest BCUT2D eigenvalue weighted by Gasteiger charge is 2.18.